The third kappa shape index (κ3) is 3.36. The summed E-state index contributed by atoms with van der Waals surface area (Å²) in [4.78, 5) is 1.25. The van der Waals surface area contributed by atoms with Crippen molar-refractivity contribution in [3.8, 4) is 0 Å². The smallest absolute Gasteiger partial charge is 0.137 e. The van der Waals surface area contributed by atoms with Crippen LogP contribution in [0.2, 0.25) is 0 Å². The Bertz CT molecular complexity index is 515. The highest BCUT2D eigenvalue weighted by molar-refractivity contribution is 9.10. The Kier molecular flexibility index (Phi) is 4.46. The predicted octanol–water partition coefficient (Wildman–Crippen LogP) is 5.50. The van der Waals surface area contributed by atoms with Gasteiger partial charge >= 0.3 is 0 Å². The van der Waals surface area contributed by atoms with Crippen molar-refractivity contribution in [2.45, 2.75) is 24.5 Å². The van der Waals surface area contributed by atoms with Gasteiger partial charge in [-0.3, -0.25) is 0 Å². The van der Waals surface area contributed by atoms with Gasteiger partial charge in [0.1, 0.15) is 5.82 Å². The zero-order valence-corrected chi connectivity index (χ0v) is 12.7. The lowest BCUT2D eigenvalue weighted by Crippen LogP contribution is -1.85. The highest BCUT2D eigenvalue weighted by Crippen LogP contribution is 2.26. The van der Waals surface area contributed by atoms with Crippen LogP contribution in [0.5, 0.6) is 0 Å². The lowest BCUT2D eigenvalue weighted by Gasteiger charge is -2.06. The van der Waals surface area contributed by atoms with E-state index in [1.165, 1.54) is 22.1 Å². The van der Waals surface area contributed by atoms with E-state index < -0.39 is 0 Å². The Morgan fingerprint density at radius 3 is 2.50 bits per heavy atom. The van der Waals surface area contributed by atoms with Gasteiger partial charge < -0.3 is 0 Å². The van der Waals surface area contributed by atoms with Gasteiger partial charge in [0.05, 0.1) is 4.47 Å². The van der Waals surface area contributed by atoms with E-state index in [-0.39, 0.29) is 5.82 Å². The number of aryl methyl sites for hydroxylation is 2. The second kappa shape index (κ2) is 5.89. The fourth-order valence-electron chi connectivity index (χ4n) is 1.60. The quantitative estimate of drug-likeness (QED) is 0.672. The molecule has 18 heavy (non-hydrogen) atoms. The molecule has 0 radical (unpaired) electrons. The Morgan fingerprint density at radius 2 is 1.83 bits per heavy atom. The fourth-order valence-corrected chi connectivity index (χ4v) is 2.96. The fraction of sp³-hybridized carbons (Fsp3) is 0.200. The maximum atomic E-state index is 13.1. The molecule has 94 valence electrons. The second-order valence-corrected chi connectivity index (χ2v) is 6.19. The minimum Gasteiger partial charge on any atom is -0.206 e. The van der Waals surface area contributed by atoms with E-state index in [4.69, 9.17) is 0 Å². The molecule has 3 heteroatoms. The minimum absolute atomic E-state index is 0.213. The molecular weight excluding hydrogens is 311 g/mol. The SMILES string of the molecule is Cc1ccc(SCc2ccc(F)c(Br)c2)cc1C. The monoisotopic (exact) mass is 324 g/mol. The summed E-state index contributed by atoms with van der Waals surface area (Å²) in [7, 11) is 0. The zero-order chi connectivity index (χ0) is 13.1. The first kappa shape index (κ1) is 13.6. The number of hydrogen-bond donors (Lipinski definition) is 0. The van der Waals surface area contributed by atoms with Crippen molar-refractivity contribution >= 4 is 27.7 Å². The van der Waals surface area contributed by atoms with Gasteiger partial charge in [0, 0.05) is 10.6 Å². The summed E-state index contributed by atoms with van der Waals surface area (Å²) < 4.78 is 13.6. The van der Waals surface area contributed by atoms with Crippen LogP contribution in [0.1, 0.15) is 16.7 Å². The van der Waals surface area contributed by atoms with Crippen molar-refractivity contribution in [2.75, 3.05) is 0 Å². The maximum absolute atomic E-state index is 13.1. The topological polar surface area (TPSA) is 0 Å². The van der Waals surface area contributed by atoms with Crippen molar-refractivity contribution in [2.24, 2.45) is 0 Å². The van der Waals surface area contributed by atoms with Gasteiger partial charge in [0.25, 0.3) is 0 Å². The molecule has 0 N–H and O–H groups in total. The van der Waals surface area contributed by atoms with Gasteiger partial charge in [-0.15, -0.1) is 11.8 Å². The molecule has 0 aromatic heterocycles. The Hall–Kier alpha value is -0.800. The third-order valence-electron chi connectivity index (χ3n) is 2.87. The Balaban J connectivity index is 2.06. The van der Waals surface area contributed by atoms with E-state index in [9.17, 15) is 4.39 Å². The molecule has 0 aliphatic heterocycles. The Labute approximate surface area is 120 Å². The molecule has 0 nitrogen and oxygen atoms in total. The summed E-state index contributed by atoms with van der Waals surface area (Å²) in [5.74, 6) is 0.636. The third-order valence-corrected chi connectivity index (χ3v) is 4.54. The Morgan fingerprint density at radius 1 is 1.06 bits per heavy atom. The molecule has 0 atom stereocenters. The molecule has 0 aliphatic rings. The van der Waals surface area contributed by atoms with Crippen LogP contribution in [-0.2, 0) is 5.75 Å². The summed E-state index contributed by atoms with van der Waals surface area (Å²) >= 11 is 4.98. The van der Waals surface area contributed by atoms with Crippen LogP contribution in [0.3, 0.4) is 0 Å². The first-order valence-electron chi connectivity index (χ1n) is 5.70. The van der Waals surface area contributed by atoms with Crippen LogP contribution in [-0.4, -0.2) is 0 Å². The zero-order valence-electron chi connectivity index (χ0n) is 10.3. The van der Waals surface area contributed by atoms with Crippen LogP contribution >= 0.6 is 27.7 Å². The summed E-state index contributed by atoms with van der Waals surface area (Å²) in [5.41, 5.74) is 3.73. The minimum atomic E-state index is -0.213. The summed E-state index contributed by atoms with van der Waals surface area (Å²) in [5, 5.41) is 0. The van der Waals surface area contributed by atoms with Crippen LogP contribution in [0.4, 0.5) is 4.39 Å². The first-order chi connectivity index (χ1) is 8.56. The number of hydrogen-bond acceptors (Lipinski definition) is 1. The van der Waals surface area contributed by atoms with E-state index in [1.54, 1.807) is 11.8 Å². The van der Waals surface area contributed by atoms with Crippen LogP contribution in [0.15, 0.2) is 45.8 Å². The molecule has 0 fully saturated rings. The predicted molar refractivity (Wildman–Crippen MR) is 79.6 cm³/mol. The van der Waals surface area contributed by atoms with Crippen molar-refractivity contribution < 1.29 is 4.39 Å². The molecular formula is C15H14BrFS. The molecule has 0 heterocycles. The van der Waals surface area contributed by atoms with Crippen LogP contribution in [0.25, 0.3) is 0 Å². The molecule has 2 aromatic rings. The lowest BCUT2D eigenvalue weighted by atomic mass is 10.1. The second-order valence-electron chi connectivity index (χ2n) is 4.28. The van der Waals surface area contributed by atoms with Crippen LogP contribution < -0.4 is 0 Å². The van der Waals surface area contributed by atoms with Gasteiger partial charge in [0.15, 0.2) is 0 Å². The number of thioether (sulfide) groups is 1. The van der Waals surface area contributed by atoms with E-state index in [0.717, 1.165) is 11.3 Å². The summed E-state index contributed by atoms with van der Waals surface area (Å²) in [6.07, 6.45) is 0. The van der Waals surface area contributed by atoms with Gasteiger partial charge in [0.2, 0.25) is 0 Å². The van der Waals surface area contributed by atoms with Gasteiger partial charge in [-0.1, -0.05) is 12.1 Å². The van der Waals surface area contributed by atoms with E-state index >= 15 is 0 Å². The standard InChI is InChI=1S/C15H14BrFS/c1-10-3-5-13(7-11(10)2)18-9-12-4-6-15(17)14(16)8-12/h3-8H,9H2,1-2H3. The van der Waals surface area contributed by atoms with E-state index in [1.807, 2.05) is 12.1 Å². The number of rotatable bonds is 3. The highest BCUT2D eigenvalue weighted by Gasteiger charge is 2.02. The molecule has 0 saturated heterocycles. The summed E-state index contributed by atoms with van der Waals surface area (Å²) in [6.45, 7) is 4.23. The molecule has 0 aliphatic carbocycles. The van der Waals surface area contributed by atoms with Crippen LogP contribution in [0, 0.1) is 19.7 Å². The molecule has 0 amide bonds. The summed E-state index contributed by atoms with van der Waals surface area (Å²) in [6, 6.07) is 11.6. The molecule has 2 aromatic carbocycles. The lowest BCUT2D eigenvalue weighted by molar-refractivity contribution is 0.620. The average molecular weight is 325 g/mol. The molecule has 0 bridgehead atoms. The van der Waals surface area contributed by atoms with E-state index in [2.05, 4.69) is 48.0 Å². The van der Waals surface area contributed by atoms with Gasteiger partial charge in [-0.2, -0.15) is 0 Å². The normalized spacial score (nSPS) is 10.7. The molecule has 0 unspecified atom stereocenters. The largest absolute Gasteiger partial charge is 0.206 e. The van der Waals surface area contributed by atoms with Crippen molar-refractivity contribution in [1.29, 1.82) is 0 Å². The van der Waals surface area contributed by atoms with Gasteiger partial charge in [-0.05, 0) is 70.7 Å². The van der Waals surface area contributed by atoms with Crippen molar-refractivity contribution in [3.05, 3.63) is 63.4 Å². The van der Waals surface area contributed by atoms with E-state index in [0.29, 0.717) is 4.47 Å². The average Bonchev–Trinajstić information content (AvgIpc) is 2.35. The number of halogens is 2. The highest BCUT2D eigenvalue weighted by atomic mass is 79.9. The van der Waals surface area contributed by atoms with Crippen molar-refractivity contribution in [1.82, 2.24) is 0 Å². The van der Waals surface area contributed by atoms with Gasteiger partial charge in [-0.25, -0.2) is 4.39 Å². The molecule has 0 saturated carbocycles. The first-order valence-corrected chi connectivity index (χ1v) is 7.48. The molecule has 0 spiro atoms. The van der Waals surface area contributed by atoms with Crippen molar-refractivity contribution in [3.63, 3.8) is 0 Å². The molecule has 2 rings (SSSR count). The maximum Gasteiger partial charge on any atom is 0.137 e. The number of benzene rings is 2.